The van der Waals surface area contributed by atoms with E-state index in [-0.39, 0.29) is 11.7 Å². The van der Waals surface area contributed by atoms with E-state index in [2.05, 4.69) is 36.5 Å². The number of hydrogen-bond acceptors (Lipinski definition) is 6. The van der Waals surface area contributed by atoms with Gasteiger partial charge in [0.15, 0.2) is 11.6 Å². The molecule has 1 N–H and O–H groups in total. The molecule has 7 nitrogen and oxygen atoms in total. The van der Waals surface area contributed by atoms with Crippen LogP contribution < -0.4 is 5.32 Å². The number of aromatic nitrogens is 4. The molecule has 0 aliphatic rings. The number of hydrogen-bond donors (Lipinski definition) is 1. The lowest BCUT2D eigenvalue weighted by atomic mass is 10.2. The van der Waals surface area contributed by atoms with Crippen molar-refractivity contribution in [2.24, 2.45) is 0 Å². The van der Waals surface area contributed by atoms with E-state index < -0.39 is 0 Å². The minimum Gasteiger partial charge on any atom is -0.451 e. The standard InChI is InChI=1S/C22H16BrN5O2S/c1-2-19-25-26-22-28(19)27-21(31-22)14-5-9-16(10-6-14)24-20(29)18-12-11-17(30-18)13-3-7-15(23)8-4-13/h3-12H,2H2,1H3,(H,24,29). The number of amides is 1. The van der Waals surface area contributed by atoms with E-state index in [4.69, 9.17) is 4.42 Å². The number of furan rings is 1. The van der Waals surface area contributed by atoms with Crippen LogP contribution in [0.3, 0.4) is 0 Å². The zero-order valence-corrected chi connectivity index (χ0v) is 18.8. The lowest BCUT2D eigenvalue weighted by Gasteiger charge is -2.04. The fourth-order valence-electron chi connectivity index (χ4n) is 3.11. The Kier molecular flexibility index (Phi) is 5.13. The second-order valence-electron chi connectivity index (χ2n) is 6.77. The summed E-state index contributed by atoms with van der Waals surface area (Å²) in [5.41, 5.74) is 2.53. The molecule has 0 aliphatic carbocycles. The molecule has 0 saturated carbocycles. The first kappa shape index (κ1) is 19.7. The SMILES string of the molecule is CCc1nnc2sc(-c3ccc(NC(=O)c4ccc(-c5ccc(Br)cc5)o4)cc3)nn12. The van der Waals surface area contributed by atoms with Crippen molar-refractivity contribution >= 4 is 43.8 Å². The Balaban J connectivity index is 1.30. The Hall–Kier alpha value is -3.30. The van der Waals surface area contributed by atoms with Crippen LogP contribution in [0.1, 0.15) is 23.3 Å². The van der Waals surface area contributed by atoms with Crippen LogP contribution >= 0.6 is 27.3 Å². The zero-order chi connectivity index (χ0) is 21.4. The summed E-state index contributed by atoms with van der Waals surface area (Å²) in [6.45, 7) is 2.02. The van der Waals surface area contributed by atoms with Crippen LogP contribution in [0.15, 0.2) is 69.6 Å². The summed E-state index contributed by atoms with van der Waals surface area (Å²) in [7, 11) is 0. The normalized spacial score (nSPS) is 11.2. The predicted octanol–water partition coefficient (Wildman–Crippen LogP) is 5.69. The van der Waals surface area contributed by atoms with Crippen LogP contribution in [-0.2, 0) is 6.42 Å². The van der Waals surface area contributed by atoms with E-state index in [9.17, 15) is 4.79 Å². The molecule has 3 aromatic heterocycles. The summed E-state index contributed by atoms with van der Waals surface area (Å²) in [4.78, 5) is 13.3. The fourth-order valence-corrected chi connectivity index (χ4v) is 4.24. The van der Waals surface area contributed by atoms with E-state index in [1.54, 1.807) is 16.6 Å². The molecule has 0 bridgehead atoms. The Morgan fingerprint density at radius 2 is 1.77 bits per heavy atom. The van der Waals surface area contributed by atoms with Crippen LogP contribution in [-0.4, -0.2) is 25.7 Å². The van der Waals surface area contributed by atoms with Crippen molar-refractivity contribution in [1.82, 2.24) is 19.8 Å². The van der Waals surface area contributed by atoms with Crippen molar-refractivity contribution in [2.75, 3.05) is 5.32 Å². The molecule has 5 rings (SSSR count). The van der Waals surface area contributed by atoms with Gasteiger partial charge in [-0.15, -0.1) is 10.2 Å². The van der Waals surface area contributed by atoms with Crippen molar-refractivity contribution in [1.29, 1.82) is 0 Å². The van der Waals surface area contributed by atoms with Crippen LogP contribution in [0, 0.1) is 0 Å². The number of rotatable bonds is 5. The van der Waals surface area contributed by atoms with Gasteiger partial charge in [0.1, 0.15) is 10.8 Å². The number of nitrogens with one attached hydrogen (secondary N) is 1. The van der Waals surface area contributed by atoms with Gasteiger partial charge < -0.3 is 9.73 Å². The zero-order valence-electron chi connectivity index (χ0n) is 16.4. The third-order valence-electron chi connectivity index (χ3n) is 4.72. The lowest BCUT2D eigenvalue weighted by Crippen LogP contribution is -2.10. The number of carbonyl (C=O) groups is 1. The number of fused-ring (bicyclic) bond motifs is 1. The molecule has 0 spiro atoms. The highest BCUT2D eigenvalue weighted by Gasteiger charge is 2.14. The van der Waals surface area contributed by atoms with Gasteiger partial charge in [-0.05, 0) is 48.5 Å². The molecular weight excluding hydrogens is 478 g/mol. The third kappa shape index (κ3) is 3.89. The third-order valence-corrected chi connectivity index (χ3v) is 6.20. The maximum atomic E-state index is 12.6. The molecular formula is C22H16BrN5O2S. The summed E-state index contributed by atoms with van der Waals surface area (Å²) in [6.07, 6.45) is 0.769. The lowest BCUT2D eigenvalue weighted by molar-refractivity contribution is 0.0997. The Bertz CT molecular complexity index is 1370. The van der Waals surface area contributed by atoms with Crippen LogP contribution in [0.2, 0.25) is 0 Å². The van der Waals surface area contributed by atoms with Gasteiger partial charge in [0, 0.05) is 27.7 Å². The molecule has 0 radical (unpaired) electrons. The fraction of sp³-hybridized carbons (Fsp3) is 0.0909. The topological polar surface area (TPSA) is 85.3 Å². The highest BCUT2D eigenvalue weighted by Crippen LogP contribution is 2.27. The van der Waals surface area contributed by atoms with Crippen LogP contribution in [0.5, 0.6) is 0 Å². The monoisotopic (exact) mass is 493 g/mol. The molecule has 3 heterocycles. The average Bonchev–Trinajstić information content (AvgIpc) is 3.51. The summed E-state index contributed by atoms with van der Waals surface area (Å²) in [5.74, 6) is 1.43. The van der Waals surface area contributed by atoms with Crippen molar-refractivity contribution in [2.45, 2.75) is 13.3 Å². The van der Waals surface area contributed by atoms with Gasteiger partial charge in [-0.2, -0.15) is 9.61 Å². The van der Waals surface area contributed by atoms with Gasteiger partial charge in [0.25, 0.3) is 5.91 Å². The molecule has 0 fully saturated rings. The molecule has 0 unspecified atom stereocenters. The largest absolute Gasteiger partial charge is 0.451 e. The Morgan fingerprint density at radius 3 is 2.52 bits per heavy atom. The second-order valence-corrected chi connectivity index (χ2v) is 8.65. The van der Waals surface area contributed by atoms with Crippen LogP contribution in [0.25, 0.3) is 26.9 Å². The minimum absolute atomic E-state index is 0.253. The quantitative estimate of drug-likeness (QED) is 0.339. The maximum absolute atomic E-state index is 12.6. The van der Waals surface area contributed by atoms with Gasteiger partial charge in [-0.1, -0.05) is 46.3 Å². The summed E-state index contributed by atoms with van der Waals surface area (Å²) >= 11 is 4.89. The first-order valence-corrected chi connectivity index (χ1v) is 11.2. The van der Waals surface area contributed by atoms with Gasteiger partial charge in [-0.3, -0.25) is 4.79 Å². The van der Waals surface area contributed by atoms with Crippen LogP contribution in [0.4, 0.5) is 5.69 Å². The summed E-state index contributed by atoms with van der Waals surface area (Å²) in [5, 5.41) is 16.6. The number of nitrogens with zero attached hydrogens (tertiary/aromatic N) is 4. The first-order chi connectivity index (χ1) is 15.1. The first-order valence-electron chi connectivity index (χ1n) is 9.59. The van der Waals surface area contributed by atoms with E-state index >= 15 is 0 Å². The summed E-state index contributed by atoms with van der Waals surface area (Å²) in [6, 6.07) is 18.7. The molecule has 154 valence electrons. The van der Waals surface area contributed by atoms with Crippen molar-refractivity contribution in [3.63, 3.8) is 0 Å². The maximum Gasteiger partial charge on any atom is 0.291 e. The molecule has 1 amide bonds. The van der Waals surface area contributed by atoms with Crippen molar-refractivity contribution in [3.05, 3.63) is 76.7 Å². The second kappa shape index (κ2) is 8.09. The van der Waals surface area contributed by atoms with E-state index in [0.717, 1.165) is 37.8 Å². The molecule has 9 heteroatoms. The Morgan fingerprint density at radius 1 is 1.03 bits per heavy atom. The highest BCUT2D eigenvalue weighted by molar-refractivity contribution is 9.10. The van der Waals surface area contributed by atoms with E-state index in [1.807, 2.05) is 55.5 Å². The molecule has 0 saturated heterocycles. The highest BCUT2D eigenvalue weighted by atomic mass is 79.9. The molecule has 0 aliphatic heterocycles. The number of carbonyl (C=O) groups excluding carboxylic acids is 1. The van der Waals surface area contributed by atoms with Gasteiger partial charge in [-0.25, -0.2) is 0 Å². The van der Waals surface area contributed by atoms with Crippen molar-refractivity contribution < 1.29 is 9.21 Å². The van der Waals surface area contributed by atoms with Crippen molar-refractivity contribution in [3.8, 4) is 21.9 Å². The molecule has 5 aromatic rings. The summed E-state index contributed by atoms with van der Waals surface area (Å²) < 4.78 is 8.49. The van der Waals surface area contributed by atoms with Gasteiger partial charge in [0.2, 0.25) is 4.96 Å². The number of benzene rings is 2. The average molecular weight is 494 g/mol. The minimum atomic E-state index is -0.303. The molecule has 0 atom stereocenters. The van der Waals surface area contributed by atoms with E-state index in [1.165, 1.54) is 11.3 Å². The van der Waals surface area contributed by atoms with Gasteiger partial charge >= 0.3 is 0 Å². The number of anilines is 1. The predicted molar refractivity (Wildman–Crippen MR) is 123 cm³/mol. The number of halogens is 1. The Labute approximate surface area is 189 Å². The van der Waals surface area contributed by atoms with E-state index in [0.29, 0.717) is 11.4 Å². The molecule has 2 aromatic carbocycles. The molecule has 31 heavy (non-hydrogen) atoms. The van der Waals surface area contributed by atoms with Gasteiger partial charge in [0.05, 0.1) is 0 Å². The number of aryl methyl sites for hydroxylation is 1. The smallest absolute Gasteiger partial charge is 0.291 e.